The molecule has 0 radical (unpaired) electrons. The molecule has 0 heterocycles. The molecule has 1 aliphatic rings. The normalized spacial score (nSPS) is 15.5. The number of carbonyl (C=O) groups excluding carboxylic acids is 1. The molecule has 2 rings (SSSR count). The summed E-state index contributed by atoms with van der Waals surface area (Å²) in [4.78, 5) is 18.3. The van der Waals surface area contributed by atoms with Gasteiger partial charge < -0.3 is 16.0 Å². The molecule has 0 bridgehead atoms. The number of benzene rings is 1. The average Bonchev–Trinajstić information content (AvgIpc) is 3.52. The zero-order valence-electron chi connectivity index (χ0n) is 16.6. The highest BCUT2D eigenvalue weighted by atomic mass is 35.5. The standard InChI is InChI=1S/C20H32ClN5O/c1-4-26(5-2)18(16-8-6-7-9-17(16)21)14-25-20(22-3)24-13-12-23-19(27)15-10-11-15/h6-9,15,18H,4-5,10-14H2,1-3H3,(H,23,27)(H2,22,24,25). The van der Waals surface area contributed by atoms with Crippen LogP contribution in [-0.2, 0) is 4.79 Å². The summed E-state index contributed by atoms with van der Waals surface area (Å²) < 4.78 is 0. The van der Waals surface area contributed by atoms with Gasteiger partial charge in [-0.25, -0.2) is 0 Å². The van der Waals surface area contributed by atoms with Crippen LogP contribution in [0.5, 0.6) is 0 Å². The fraction of sp³-hybridized carbons (Fsp3) is 0.600. The van der Waals surface area contributed by atoms with Gasteiger partial charge in [0.2, 0.25) is 5.91 Å². The van der Waals surface area contributed by atoms with Crippen LogP contribution < -0.4 is 16.0 Å². The van der Waals surface area contributed by atoms with Crippen molar-refractivity contribution in [2.75, 3.05) is 39.8 Å². The summed E-state index contributed by atoms with van der Waals surface area (Å²) in [6, 6.07) is 8.14. The van der Waals surface area contributed by atoms with E-state index in [1.54, 1.807) is 7.05 Å². The van der Waals surface area contributed by atoms with Crippen LogP contribution in [-0.4, -0.2) is 56.5 Å². The molecule has 150 valence electrons. The Balaban J connectivity index is 1.87. The van der Waals surface area contributed by atoms with Crippen LogP contribution in [0.1, 0.15) is 38.3 Å². The predicted octanol–water partition coefficient (Wildman–Crippen LogP) is 2.41. The molecule has 0 aliphatic heterocycles. The zero-order valence-corrected chi connectivity index (χ0v) is 17.4. The van der Waals surface area contributed by atoms with Gasteiger partial charge in [0.1, 0.15) is 0 Å². The minimum atomic E-state index is 0.154. The monoisotopic (exact) mass is 393 g/mol. The highest BCUT2D eigenvalue weighted by Crippen LogP contribution is 2.28. The van der Waals surface area contributed by atoms with Crippen LogP contribution in [0.25, 0.3) is 0 Å². The van der Waals surface area contributed by atoms with E-state index in [1.165, 1.54) is 0 Å². The first-order valence-electron chi connectivity index (χ1n) is 9.81. The van der Waals surface area contributed by atoms with Crippen molar-refractivity contribution >= 4 is 23.5 Å². The maximum atomic E-state index is 11.7. The molecule has 1 unspecified atom stereocenters. The number of halogens is 1. The van der Waals surface area contributed by atoms with Crippen LogP contribution in [0, 0.1) is 5.92 Å². The van der Waals surface area contributed by atoms with Crippen molar-refractivity contribution in [1.29, 1.82) is 0 Å². The summed E-state index contributed by atoms with van der Waals surface area (Å²) in [6.07, 6.45) is 2.05. The van der Waals surface area contributed by atoms with E-state index in [2.05, 4.69) is 45.8 Å². The first-order valence-corrected chi connectivity index (χ1v) is 10.2. The van der Waals surface area contributed by atoms with Gasteiger partial charge in [-0.3, -0.25) is 14.7 Å². The fourth-order valence-corrected chi connectivity index (χ4v) is 3.38. The maximum absolute atomic E-state index is 11.7. The Morgan fingerprint density at radius 3 is 2.44 bits per heavy atom. The van der Waals surface area contributed by atoms with Crippen LogP contribution >= 0.6 is 11.6 Å². The van der Waals surface area contributed by atoms with Gasteiger partial charge in [-0.2, -0.15) is 0 Å². The number of carbonyl (C=O) groups is 1. The van der Waals surface area contributed by atoms with Gasteiger partial charge in [0.15, 0.2) is 5.96 Å². The lowest BCUT2D eigenvalue weighted by molar-refractivity contribution is -0.122. The Morgan fingerprint density at radius 1 is 1.19 bits per heavy atom. The van der Waals surface area contributed by atoms with E-state index in [0.29, 0.717) is 19.6 Å². The predicted molar refractivity (Wildman–Crippen MR) is 112 cm³/mol. The van der Waals surface area contributed by atoms with Crippen molar-refractivity contribution in [1.82, 2.24) is 20.9 Å². The number of likely N-dealkylation sites (N-methyl/N-ethyl adjacent to an activating group) is 1. The fourth-order valence-electron chi connectivity index (χ4n) is 3.12. The Hall–Kier alpha value is -1.79. The van der Waals surface area contributed by atoms with Crippen molar-refractivity contribution in [3.05, 3.63) is 34.9 Å². The van der Waals surface area contributed by atoms with Crippen LogP contribution in [0.4, 0.5) is 0 Å². The molecule has 1 aromatic rings. The Morgan fingerprint density at radius 2 is 1.85 bits per heavy atom. The number of guanidine groups is 1. The summed E-state index contributed by atoms with van der Waals surface area (Å²) in [5, 5.41) is 10.4. The molecule has 0 saturated heterocycles. The average molecular weight is 394 g/mol. The van der Waals surface area contributed by atoms with Crippen molar-refractivity contribution in [3.63, 3.8) is 0 Å². The van der Waals surface area contributed by atoms with Crippen molar-refractivity contribution in [2.45, 2.75) is 32.7 Å². The summed E-state index contributed by atoms with van der Waals surface area (Å²) in [6.45, 7) is 8.12. The third-order valence-corrected chi connectivity index (χ3v) is 5.21. The van der Waals surface area contributed by atoms with Crippen LogP contribution in [0.15, 0.2) is 29.3 Å². The summed E-state index contributed by atoms with van der Waals surface area (Å²) >= 11 is 6.45. The van der Waals surface area contributed by atoms with E-state index in [0.717, 1.165) is 42.5 Å². The largest absolute Gasteiger partial charge is 0.355 e. The minimum Gasteiger partial charge on any atom is -0.355 e. The molecule has 7 heteroatoms. The first-order chi connectivity index (χ1) is 13.1. The Labute approximate surface area is 167 Å². The van der Waals surface area contributed by atoms with E-state index >= 15 is 0 Å². The number of hydrogen-bond donors (Lipinski definition) is 3. The molecule has 1 aromatic carbocycles. The Bertz CT molecular complexity index is 629. The van der Waals surface area contributed by atoms with Crippen LogP contribution in [0.3, 0.4) is 0 Å². The summed E-state index contributed by atoms with van der Waals surface area (Å²) in [5.74, 6) is 1.13. The second-order valence-electron chi connectivity index (χ2n) is 6.70. The molecule has 1 saturated carbocycles. The third kappa shape index (κ3) is 6.70. The van der Waals surface area contributed by atoms with Crippen molar-refractivity contribution in [2.24, 2.45) is 10.9 Å². The lowest BCUT2D eigenvalue weighted by Gasteiger charge is -2.31. The van der Waals surface area contributed by atoms with Gasteiger partial charge in [0.25, 0.3) is 0 Å². The summed E-state index contributed by atoms with van der Waals surface area (Å²) in [7, 11) is 1.75. The van der Waals surface area contributed by atoms with Crippen molar-refractivity contribution in [3.8, 4) is 0 Å². The third-order valence-electron chi connectivity index (χ3n) is 4.87. The topological polar surface area (TPSA) is 68.8 Å². The SMILES string of the molecule is CCN(CC)C(CNC(=NC)NCCNC(=O)C1CC1)c1ccccc1Cl. The molecule has 0 aromatic heterocycles. The zero-order chi connectivity index (χ0) is 19.6. The van der Waals surface area contributed by atoms with Gasteiger partial charge in [-0.15, -0.1) is 0 Å². The van der Waals surface area contributed by atoms with E-state index < -0.39 is 0 Å². The van der Waals surface area contributed by atoms with Gasteiger partial charge in [-0.05, 0) is 37.6 Å². The molecule has 1 fully saturated rings. The smallest absolute Gasteiger partial charge is 0.223 e. The highest BCUT2D eigenvalue weighted by Gasteiger charge is 2.29. The van der Waals surface area contributed by atoms with E-state index in [-0.39, 0.29) is 17.9 Å². The van der Waals surface area contributed by atoms with Gasteiger partial charge in [-0.1, -0.05) is 43.6 Å². The molecule has 0 spiro atoms. The van der Waals surface area contributed by atoms with Gasteiger partial charge in [0.05, 0.1) is 6.04 Å². The van der Waals surface area contributed by atoms with Gasteiger partial charge in [0, 0.05) is 37.6 Å². The molecular weight excluding hydrogens is 362 g/mol. The number of aliphatic imine (C=N–C) groups is 1. The highest BCUT2D eigenvalue weighted by molar-refractivity contribution is 6.31. The second kappa shape index (κ2) is 11.1. The molecule has 27 heavy (non-hydrogen) atoms. The molecule has 6 nitrogen and oxygen atoms in total. The van der Waals surface area contributed by atoms with E-state index in [9.17, 15) is 4.79 Å². The number of nitrogens with one attached hydrogen (secondary N) is 3. The molecule has 1 amide bonds. The molecule has 1 aliphatic carbocycles. The van der Waals surface area contributed by atoms with Crippen molar-refractivity contribution < 1.29 is 4.79 Å². The van der Waals surface area contributed by atoms with E-state index in [1.807, 2.05) is 18.2 Å². The Kier molecular flexibility index (Phi) is 8.88. The molecule has 3 N–H and O–H groups in total. The molecular formula is C20H32ClN5O. The van der Waals surface area contributed by atoms with Crippen LogP contribution in [0.2, 0.25) is 5.02 Å². The van der Waals surface area contributed by atoms with E-state index in [4.69, 9.17) is 11.6 Å². The number of amides is 1. The second-order valence-corrected chi connectivity index (χ2v) is 7.11. The van der Waals surface area contributed by atoms with Gasteiger partial charge >= 0.3 is 0 Å². The maximum Gasteiger partial charge on any atom is 0.223 e. The molecule has 1 atom stereocenters. The summed E-state index contributed by atoms with van der Waals surface area (Å²) in [5.41, 5.74) is 1.11. The minimum absolute atomic E-state index is 0.154. The first kappa shape index (κ1) is 21.5. The number of rotatable bonds is 10. The number of nitrogens with zero attached hydrogens (tertiary/aromatic N) is 2. The lowest BCUT2D eigenvalue weighted by atomic mass is 10.0. The number of hydrogen-bond acceptors (Lipinski definition) is 3. The quantitative estimate of drug-likeness (QED) is 0.324. The lowest BCUT2D eigenvalue weighted by Crippen LogP contribution is -2.45.